The van der Waals surface area contributed by atoms with Crippen molar-refractivity contribution in [2.75, 3.05) is 7.05 Å². The Morgan fingerprint density at radius 1 is 1.36 bits per heavy atom. The highest BCUT2D eigenvalue weighted by molar-refractivity contribution is 8.11. The van der Waals surface area contributed by atoms with Crippen LogP contribution in [0.3, 0.4) is 0 Å². The molecule has 0 unspecified atom stereocenters. The average molecular weight is 238 g/mol. The second-order valence-electron chi connectivity index (χ2n) is 2.82. The molecule has 0 radical (unpaired) electrons. The molecule has 1 aromatic rings. The minimum Gasteiger partial charge on any atom is -0.207 e. The third-order valence-corrected chi connectivity index (χ3v) is 3.27. The monoisotopic (exact) mass is 237 g/mol. The fourth-order valence-corrected chi connectivity index (χ4v) is 1.37. The van der Waals surface area contributed by atoms with Gasteiger partial charge in [0.1, 0.15) is 5.82 Å². The molecular formula is C8H9ClFNO2S. The fourth-order valence-electron chi connectivity index (χ4n) is 0.924. The predicted molar refractivity (Wildman–Crippen MR) is 52.6 cm³/mol. The summed E-state index contributed by atoms with van der Waals surface area (Å²) in [4.78, 5) is 0. The van der Waals surface area contributed by atoms with Crippen LogP contribution in [0.5, 0.6) is 0 Å². The predicted octanol–water partition coefficient (Wildman–Crippen LogP) is 1.74. The van der Waals surface area contributed by atoms with Crippen molar-refractivity contribution in [1.82, 2.24) is 4.31 Å². The minimum absolute atomic E-state index is 0.131. The third-order valence-electron chi connectivity index (χ3n) is 1.69. The van der Waals surface area contributed by atoms with E-state index in [1.807, 2.05) is 0 Å². The van der Waals surface area contributed by atoms with Crippen LogP contribution in [0.2, 0.25) is 0 Å². The van der Waals surface area contributed by atoms with Crippen molar-refractivity contribution in [3.05, 3.63) is 35.6 Å². The topological polar surface area (TPSA) is 37.4 Å². The second-order valence-corrected chi connectivity index (χ2v) is 5.44. The van der Waals surface area contributed by atoms with E-state index in [9.17, 15) is 12.8 Å². The summed E-state index contributed by atoms with van der Waals surface area (Å²) in [6.07, 6.45) is 0. The molecule has 1 rings (SSSR count). The Morgan fingerprint density at radius 2 is 1.86 bits per heavy atom. The number of halogens is 2. The molecule has 0 heterocycles. The summed E-state index contributed by atoms with van der Waals surface area (Å²) in [5.74, 6) is -0.356. The van der Waals surface area contributed by atoms with Gasteiger partial charge in [-0.1, -0.05) is 12.1 Å². The summed E-state index contributed by atoms with van der Waals surface area (Å²) in [6, 6.07) is 5.55. The first-order valence-electron chi connectivity index (χ1n) is 3.80. The maximum atomic E-state index is 12.5. The maximum Gasteiger partial charge on any atom is 0.299 e. The van der Waals surface area contributed by atoms with Crippen molar-refractivity contribution < 1.29 is 12.8 Å². The van der Waals surface area contributed by atoms with E-state index in [-0.39, 0.29) is 12.4 Å². The maximum absolute atomic E-state index is 12.5. The van der Waals surface area contributed by atoms with Gasteiger partial charge in [0.05, 0.1) is 0 Å². The van der Waals surface area contributed by atoms with Crippen LogP contribution in [-0.2, 0) is 15.8 Å². The molecule has 0 aromatic heterocycles. The Kier molecular flexibility index (Phi) is 3.47. The third kappa shape index (κ3) is 3.25. The molecule has 0 saturated carbocycles. The second kappa shape index (κ2) is 4.25. The molecule has 1 aromatic carbocycles. The Hall–Kier alpha value is -0.650. The largest absolute Gasteiger partial charge is 0.299 e. The summed E-state index contributed by atoms with van der Waals surface area (Å²) in [7, 11) is 2.74. The van der Waals surface area contributed by atoms with Gasteiger partial charge in [-0.3, -0.25) is 0 Å². The molecule has 3 nitrogen and oxygen atoms in total. The molecule has 0 aliphatic rings. The van der Waals surface area contributed by atoms with Crippen LogP contribution in [0.1, 0.15) is 5.56 Å². The first kappa shape index (κ1) is 11.4. The first-order chi connectivity index (χ1) is 6.39. The standard InChI is InChI=1S/C8H9ClFNO2S/c1-11(14(9,12)13)6-7-2-4-8(10)5-3-7/h2-5H,6H2,1H3. The molecule has 0 N–H and O–H groups in total. The smallest absolute Gasteiger partial charge is 0.207 e. The van der Waals surface area contributed by atoms with Gasteiger partial charge in [-0.05, 0) is 17.7 Å². The van der Waals surface area contributed by atoms with E-state index in [0.29, 0.717) is 5.56 Å². The summed E-state index contributed by atoms with van der Waals surface area (Å²) < 4.78 is 35.1. The fraction of sp³-hybridized carbons (Fsp3) is 0.250. The Bertz CT molecular complexity index is 404. The molecular weight excluding hydrogens is 229 g/mol. The Morgan fingerprint density at radius 3 is 2.29 bits per heavy atom. The van der Waals surface area contributed by atoms with Crippen LogP contribution in [0, 0.1) is 5.82 Å². The average Bonchev–Trinajstić information content (AvgIpc) is 2.07. The quantitative estimate of drug-likeness (QED) is 0.751. The number of rotatable bonds is 3. The minimum atomic E-state index is -3.70. The zero-order chi connectivity index (χ0) is 10.8. The van der Waals surface area contributed by atoms with Gasteiger partial charge >= 0.3 is 0 Å². The van der Waals surface area contributed by atoms with Gasteiger partial charge in [0.2, 0.25) is 0 Å². The number of hydrogen-bond acceptors (Lipinski definition) is 2. The van der Waals surface area contributed by atoms with Crippen LogP contribution < -0.4 is 0 Å². The Labute approximate surface area is 86.7 Å². The van der Waals surface area contributed by atoms with Gasteiger partial charge in [0.25, 0.3) is 9.24 Å². The molecule has 0 bridgehead atoms. The lowest BCUT2D eigenvalue weighted by Crippen LogP contribution is -2.21. The molecule has 0 atom stereocenters. The van der Waals surface area contributed by atoms with E-state index in [1.165, 1.54) is 31.3 Å². The lowest BCUT2D eigenvalue weighted by Gasteiger charge is -2.11. The normalized spacial score (nSPS) is 12.0. The molecule has 6 heteroatoms. The number of benzene rings is 1. The summed E-state index contributed by atoms with van der Waals surface area (Å²) in [5, 5.41) is 0. The van der Waals surface area contributed by atoms with Gasteiger partial charge in [-0.15, -0.1) is 0 Å². The number of hydrogen-bond donors (Lipinski definition) is 0. The van der Waals surface area contributed by atoms with Gasteiger partial charge in [0.15, 0.2) is 0 Å². The molecule has 0 spiro atoms. The van der Waals surface area contributed by atoms with E-state index in [2.05, 4.69) is 0 Å². The highest BCUT2D eigenvalue weighted by Gasteiger charge is 2.13. The van der Waals surface area contributed by atoms with Crippen molar-refractivity contribution in [3.63, 3.8) is 0 Å². The van der Waals surface area contributed by atoms with Crippen molar-refractivity contribution in [2.45, 2.75) is 6.54 Å². The van der Waals surface area contributed by atoms with Gasteiger partial charge in [0, 0.05) is 24.3 Å². The molecule has 14 heavy (non-hydrogen) atoms. The zero-order valence-electron chi connectivity index (χ0n) is 7.44. The molecule has 0 saturated heterocycles. The van der Waals surface area contributed by atoms with Gasteiger partial charge in [-0.2, -0.15) is 12.7 Å². The van der Waals surface area contributed by atoms with Crippen LogP contribution in [0.4, 0.5) is 4.39 Å². The molecule has 0 amide bonds. The van der Waals surface area contributed by atoms with Crippen molar-refractivity contribution >= 4 is 19.9 Å². The van der Waals surface area contributed by atoms with Crippen molar-refractivity contribution in [1.29, 1.82) is 0 Å². The summed E-state index contributed by atoms with van der Waals surface area (Å²) in [5.41, 5.74) is 0.679. The van der Waals surface area contributed by atoms with E-state index in [1.54, 1.807) is 0 Å². The van der Waals surface area contributed by atoms with Crippen molar-refractivity contribution in [3.8, 4) is 0 Å². The molecule has 0 aliphatic carbocycles. The summed E-state index contributed by atoms with van der Waals surface area (Å²) >= 11 is 0. The van der Waals surface area contributed by atoms with Crippen LogP contribution in [0.25, 0.3) is 0 Å². The lowest BCUT2D eigenvalue weighted by molar-refractivity contribution is 0.480. The molecule has 78 valence electrons. The van der Waals surface area contributed by atoms with Crippen molar-refractivity contribution in [2.24, 2.45) is 0 Å². The Balaban J connectivity index is 2.75. The van der Waals surface area contributed by atoms with E-state index < -0.39 is 9.24 Å². The van der Waals surface area contributed by atoms with Crippen LogP contribution in [0.15, 0.2) is 24.3 Å². The van der Waals surface area contributed by atoms with Crippen LogP contribution >= 0.6 is 10.7 Å². The molecule has 0 fully saturated rings. The first-order valence-corrected chi connectivity index (χ1v) is 6.06. The zero-order valence-corrected chi connectivity index (χ0v) is 9.02. The highest BCUT2D eigenvalue weighted by Crippen LogP contribution is 2.10. The summed E-state index contributed by atoms with van der Waals surface area (Å²) in [6.45, 7) is 0.131. The van der Waals surface area contributed by atoms with E-state index in [4.69, 9.17) is 10.7 Å². The highest BCUT2D eigenvalue weighted by atomic mass is 35.7. The van der Waals surface area contributed by atoms with E-state index >= 15 is 0 Å². The van der Waals surface area contributed by atoms with Crippen LogP contribution in [-0.4, -0.2) is 19.8 Å². The number of nitrogens with zero attached hydrogens (tertiary/aromatic N) is 1. The molecule has 0 aliphatic heterocycles. The van der Waals surface area contributed by atoms with Gasteiger partial charge < -0.3 is 0 Å². The lowest BCUT2D eigenvalue weighted by atomic mass is 10.2. The van der Waals surface area contributed by atoms with Gasteiger partial charge in [-0.25, -0.2) is 4.39 Å². The SMILES string of the molecule is CN(Cc1ccc(F)cc1)S(=O)(=O)Cl. The van der Waals surface area contributed by atoms with E-state index in [0.717, 1.165) is 4.31 Å².